The second-order valence-corrected chi connectivity index (χ2v) is 7.53. The largest absolute Gasteiger partial charge is 0.487 e. The zero-order chi connectivity index (χ0) is 18.8. The number of carboxylic acid groups (broad SMARTS) is 1. The van der Waals surface area contributed by atoms with Gasteiger partial charge in [-0.3, -0.25) is 4.79 Å². The summed E-state index contributed by atoms with van der Waals surface area (Å²) in [5.41, 5.74) is 3.36. The highest BCUT2D eigenvalue weighted by molar-refractivity contribution is 5.74. The molecule has 6 heteroatoms. The van der Waals surface area contributed by atoms with Crippen molar-refractivity contribution in [2.75, 3.05) is 18.4 Å². The molecule has 6 nitrogen and oxygen atoms in total. The molecule has 3 N–H and O–H groups in total. The van der Waals surface area contributed by atoms with Gasteiger partial charge in [0.2, 0.25) is 0 Å². The lowest BCUT2D eigenvalue weighted by atomic mass is 9.87. The first-order valence-corrected chi connectivity index (χ1v) is 9.67. The van der Waals surface area contributed by atoms with Gasteiger partial charge in [-0.15, -0.1) is 0 Å². The Hall–Kier alpha value is -2.63. The van der Waals surface area contributed by atoms with Gasteiger partial charge < -0.3 is 25.2 Å². The van der Waals surface area contributed by atoms with Crippen molar-refractivity contribution in [3.05, 3.63) is 41.8 Å². The van der Waals surface area contributed by atoms with Crippen LogP contribution in [0.2, 0.25) is 0 Å². The van der Waals surface area contributed by atoms with E-state index in [1.807, 2.05) is 6.08 Å². The summed E-state index contributed by atoms with van der Waals surface area (Å²) in [4.78, 5) is 11.0. The van der Waals surface area contributed by atoms with Crippen LogP contribution in [0.3, 0.4) is 0 Å². The number of fused-ring (bicyclic) bond motifs is 1. The number of benzene rings is 1. The minimum Gasteiger partial charge on any atom is -0.487 e. The molecule has 1 fully saturated rings. The number of ether oxygens (including phenoxy) is 2. The lowest BCUT2D eigenvalue weighted by Gasteiger charge is -2.29. The van der Waals surface area contributed by atoms with E-state index >= 15 is 0 Å². The number of nitrogens with one attached hydrogen (secondary N) is 2. The Labute approximate surface area is 159 Å². The van der Waals surface area contributed by atoms with E-state index in [0.717, 1.165) is 42.3 Å². The van der Waals surface area contributed by atoms with Crippen molar-refractivity contribution in [1.82, 2.24) is 5.32 Å². The number of dihydropyridines is 1. The molecule has 1 unspecified atom stereocenters. The van der Waals surface area contributed by atoms with Gasteiger partial charge in [0.1, 0.15) is 18.0 Å². The molecule has 1 aromatic carbocycles. The minimum atomic E-state index is -0.686. The lowest BCUT2D eigenvalue weighted by Crippen LogP contribution is -2.30. The highest BCUT2D eigenvalue weighted by atomic mass is 16.5. The number of rotatable bonds is 4. The fourth-order valence-corrected chi connectivity index (χ4v) is 3.84. The summed E-state index contributed by atoms with van der Waals surface area (Å²) >= 11 is 0. The molecule has 0 radical (unpaired) electrons. The number of aliphatic carboxylic acids is 1. The van der Waals surface area contributed by atoms with Crippen LogP contribution in [0.5, 0.6) is 5.75 Å². The van der Waals surface area contributed by atoms with Crippen LogP contribution in [-0.4, -0.2) is 36.4 Å². The predicted molar refractivity (Wildman–Crippen MR) is 104 cm³/mol. The second kappa shape index (κ2) is 7.55. The molecule has 0 bridgehead atoms. The number of hydrogen-bond donors (Lipinski definition) is 3. The Morgan fingerprint density at radius 2 is 2.00 bits per heavy atom. The van der Waals surface area contributed by atoms with Gasteiger partial charge in [-0.1, -0.05) is 12.1 Å². The third kappa shape index (κ3) is 4.04. The summed E-state index contributed by atoms with van der Waals surface area (Å²) in [6.07, 6.45) is 7.27. The zero-order valence-electron chi connectivity index (χ0n) is 15.5. The fourth-order valence-electron chi connectivity index (χ4n) is 3.84. The molecule has 27 heavy (non-hydrogen) atoms. The van der Waals surface area contributed by atoms with Crippen LogP contribution in [0.1, 0.15) is 38.2 Å². The maximum absolute atomic E-state index is 11.0. The first-order valence-electron chi connectivity index (χ1n) is 9.67. The number of allylic oxidation sites excluding steroid dienone is 2. The third-order valence-electron chi connectivity index (χ3n) is 5.47. The molecule has 1 saturated carbocycles. The minimum absolute atomic E-state index is 0.0963. The molecule has 0 saturated heterocycles. The Morgan fingerprint density at radius 3 is 2.70 bits per heavy atom. The summed E-state index contributed by atoms with van der Waals surface area (Å²) in [6, 6.07) is 6.25. The quantitative estimate of drug-likeness (QED) is 0.754. The first-order chi connectivity index (χ1) is 13.1. The van der Waals surface area contributed by atoms with Crippen LogP contribution in [0.15, 0.2) is 36.2 Å². The van der Waals surface area contributed by atoms with E-state index in [2.05, 4.69) is 41.8 Å². The summed E-state index contributed by atoms with van der Waals surface area (Å²) in [7, 11) is 0. The number of hydrogen-bond acceptors (Lipinski definition) is 5. The molecular weight excluding hydrogens is 344 g/mol. The monoisotopic (exact) mass is 370 g/mol. The number of carboxylic acids is 1. The molecule has 0 spiro atoms. The average molecular weight is 370 g/mol. The van der Waals surface area contributed by atoms with E-state index in [4.69, 9.17) is 14.6 Å². The normalized spacial score (nSPS) is 27.1. The maximum Gasteiger partial charge on any atom is 0.306 e. The summed E-state index contributed by atoms with van der Waals surface area (Å²) in [5.74, 6) is 0.762. The van der Waals surface area contributed by atoms with E-state index in [1.165, 1.54) is 5.57 Å². The number of anilines is 1. The van der Waals surface area contributed by atoms with Crippen molar-refractivity contribution in [2.45, 2.75) is 44.8 Å². The summed E-state index contributed by atoms with van der Waals surface area (Å²) in [5, 5.41) is 15.8. The van der Waals surface area contributed by atoms with Crippen LogP contribution < -0.4 is 15.4 Å². The highest BCUT2D eigenvalue weighted by Crippen LogP contribution is 2.33. The average Bonchev–Trinajstić information content (AvgIpc) is 2.68. The van der Waals surface area contributed by atoms with Gasteiger partial charge in [-0.25, -0.2) is 0 Å². The van der Waals surface area contributed by atoms with Gasteiger partial charge in [-0.05, 0) is 62.0 Å². The van der Waals surface area contributed by atoms with Gasteiger partial charge >= 0.3 is 5.97 Å². The van der Waals surface area contributed by atoms with Crippen molar-refractivity contribution >= 4 is 17.2 Å². The van der Waals surface area contributed by atoms with Crippen LogP contribution in [-0.2, 0) is 9.53 Å². The molecule has 144 valence electrons. The Balaban J connectivity index is 1.39. The van der Waals surface area contributed by atoms with Crippen LogP contribution in [0, 0.1) is 5.92 Å². The Bertz CT molecular complexity index is 778. The Morgan fingerprint density at radius 1 is 1.19 bits per heavy atom. The molecule has 0 amide bonds. The standard InChI is InChI=1S/C21H26N2O4/c1-13-11-22-18-8-4-15(10-19(18)26-13)16-5-9-20(23-12-16)27-17-6-2-14(3-7-17)21(24)25/h4-5,8-10,13-14,17,22-23H,2-3,6-7,11-12H2,1H3,(H,24,25). The van der Waals surface area contributed by atoms with E-state index in [1.54, 1.807) is 0 Å². The van der Waals surface area contributed by atoms with Crippen LogP contribution in [0.25, 0.3) is 5.57 Å². The lowest BCUT2D eigenvalue weighted by molar-refractivity contribution is -0.143. The summed E-state index contributed by atoms with van der Waals surface area (Å²) in [6.45, 7) is 3.58. The van der Waals surface area contributed by atoms with Crippen molar-refractivity contribution in [1.29, 1.82) is 0 Å². The molecule has 3 aliphatic rings. The topological polar surface area (TPSA) is 79.8 Å². The van der Waals surface area contributed by atoms with Crippen molar-refractivity contribution < 1.29 is 19.4 Å². The van der Waals surface area contributed by atoms with Gasteiger partial charge in [0.05, 0.1) is 18.2 Å². The second-order valence-electron chi connectivity index (χ2n) is 7.53. The van der Waals surface area contributed by atoms with Gasteiger partial charge in [0.15, 0.2) is 5.88 Å². The molecule has 4 rings (SSSR count). The van der Waals surface area contributed by atoms with Gasteiger partial charge in [0.25, 0.3) is 0 Å². The van der Waals surface area contributed by atoms with Crippen LogP contribution in [0.4, 0.5) is 5.69 Å². The van der Waals surface area contributed by atoms with Crippen molar-refractivity contribution in [3.63, 3.8) is 0 Å². The van der Waals surface area contributed by atoms with E-state index < -0.39 is 5.97 Å². The van der Waals surface area contributed by atoms with Crippen molar-refractivity contribution in [2.24, 2.45) is 5.92 Å². The highest BCUT2D eigenvalue weighted by Gasteiger charge is 2.27. The smallest absolute Gasteiger partial charge is 0.306 e. The predicted octanol–water partition coefficient (Wildman–Crippen LogP) is 3.37. The SMILES string of the molecule is CC1CNc2ccc(C3=CC=C(OC4CCC(C(=O)O)CC4)NC3)cc2O1. The molecule has 1 aromatic rings. The van der Waals surface area contributed by atoms with E-state index in [-0.39, 0.29) is 18.1 Å². The molecule has 1 atom stereocenters. The Kier molecular flexibility index (Phi) is 4.97. The van der Waals surface area contributed by atoms with Crippen molar-refractivity contribution in [3.8, 4) is 5.75 Å². The van der Waals surface area contributed by atoms with Gasteiger partial charge in [0, 0.05) is 6.54 Å². The first kappa shape index (κ1) is 17.8. The van der Waals surface area contributed by atoms with E-state index in [0.29, 0.717) is 19.4 Å². The maximum atomic E-state index is 11.0. The molecule has 1 aliphatic carbocycles. The molecular formula is C21H26N2O4. The molecule has 0 aromatic heterocycles. The third-order valence-corrected chi connectivity index (χ3v) is 5.47. The fraction of sp³-hybridized carbons (Fsp3) is 0.476. The van der Waals surface area contributed by atoms with Gasteiger partial charge in [-0.2, -0.15) is 0 Å². The summed E-state index contributed by atoms with van der Waals surface area (Å²) < 4.78 is 11.9. The molecule has 2 aliphatic heterocycles. The van der Waals surface area contributed by atoms with Crippen LogP contribution >= 0.6 is 0 Å². The number of carbonyl (C=O) groups is 1. The zero-order valence-corrected chi connectivity index (χ0v) is 15.5. The van der Waals surface area contributed by atoms with E-state index in [9.17, 15) is 4.79 Å². The molecule has 2 heterocycles.